The molecule has 2 aromatic carbocycles. The van der Waals surface area contributed by atoms with E-state index >= 15 is 0 Å². The molecule has 0 N–H and O–H groups in total. The monoisotopic (exact) mass is 489 g/mol. The molecule has 1 fully saturated rings. The minimum absolute atomic E-state index is 0. The third-order valence-electron chi connectivity index (χ3n) is 5.94. The Kier molecular flexibility index (Phi) is 8.08. The van der Waals surface area contributed by atoms with E-state index in [9.17, 15) is 9.90 Å². The summed E-state index contributed by atoms with van der Waals surface area (Å²) in [5.74, 6) is 0.304. The smallest absolute Gasteiger partial charge is 0.545 e. The van der Waals surface area contributed by atoms with E-state index in [1.54, 1.807) is 13.0 Å². The van der Waals surface area contributed by atoms with Gasteiger partial charge < -0.3 is 19.2 Å². The van der Waals surface area contributed by atoms with E-state index in [0.717, 1.165) is 39.5 Å². The largest absolute Gasteiger partial charge is 1.00 e. The van der Waals surface area contributed by atoms with E-state index in [0.29, 0.717) is 11.5 Å². The first kappa shape index (κ1) is 24.1. The number of carboxylic acid groups (broad SMARTS) is 1. The maximum Gasteiger partial charge on any atom is 1.00 e. The van der Waals surface area contributed by atoms with Crippen LogP contribution in [0, 0.1) is 19.8 Å². The molecule has 0 spiro atoms. The van der Waals surface area contributed by atoms with Crippen LogP contribution >= 0.6 is 15.9 Å². The molecule has 1 aliphatic carbocycles. The summed E-state index contributed by atoms with van der Waals surface area (Å²) in [5, 5.41) is 11.5. The molecule has 3 aromatic rings. The van der Waals surface area contributed by atoms with Crippen LogP contribution < -0.4 is 39.4 Å². The summed E-state index contributed by atoms with van der Waals surface area (Å²) in [6.45, 7) is 4.52. The van der Waals surface area contributed by atoms with Gasteiger partial charge in [-0.2, -0.15) is 0 Å². The van der Waals surface area contributed by atoms with Crippen LogP contribution in [0.4, 0.5) is 0 Å². The maximum atomic E-state index is 11.5. The third-order valence-corrected chi connectivity index (χ3v) is 6.44. The van der Waals surface area contributed by atoms with Crippen molar-refractivity contribution in [3.8, 4) is 22.7 Å². The van der Waals surface area contributed by atoms with Crippen LogP contribution in [-0.2, 0) is 0 Å². The Morgan fingerprint density at radius 2 is 1.84 bits per heavy atom. The van der Waals surface area contributed by atoms with E-state index < -0.39 is 5.97 Å². The zero-order valence-corrected chi connectivity index (χ0v) is 21.9. The second kappa shape index (κ2) is 10.4. The summed E-state index contributed by atoms with van der Waals surface area (Å²) in [4.78, 5) is 11.5. The molecule has 1 heterocycles. The number of hydrogen-bond acceptors (Lipinski definition) is 3. The molecule has 0 saturated heterocycles. The summed E-state index contributed by atoms with van der Waals surface area (Å²) < 4.78 is 9.31. The number of halogens is 1. The quantitative estimate of drug-likeness (QED) is 0.499. The topological polar surface area (TPSA) is 54.3 Å². The first-order valence-electron chi connectivity index (χ1n) is 10.4. The van der Waals surface area contributed by atoms with E-state index in [-0.39, 0.29) is 35.1 Å². The van der Waals surface area contributed by atoms with Crippen molar-refractivity contribution < 1.29 is 44.2 Å². The zero-order valence-electron chi connectivity index (χ0n) is 18.3. The summed E-state index contributed by atoms with van der Waals surface area (Å²) in [6, 6.07) is 15.6. The Labute approximate surface area is 214 Å². The van der Waals surface area contributed by atoms with Crippen molar-refractivity contribution in [1.29, 1.82) is 0 Å². The molecule has 31 heavy (non-hydrogen) atoms. The van der Waals surface area contributed by atoms with Gasteiger partial charge in [0.15, 0.2) is 0 Å². The Balaban J connectivity index is 0.00000272. The van der Waals surface area contributed by atoms with Gasteiger partial charge >= 0.3 is 29.6 Å². The van der Waals surface area contributed by atoms with Gasteiger partial charge in [0.25, 0.3) is 0 Å². The summed E-state index contributed by atoms with van der Waals surface area (Å²) in [6.07, 6.45) is 5.04. The maximum absolute atomic E-state index is 11.5. The fourth-order valence-electron chi connectivity index (χ4n) is 4.27. The number of carbonyl (C=O) groups excluding carboxylic acids is 1. The molecule has 0 amide bonds. The van der Waals surface area contributed by atoms with Gasteiger partial charge in [0, 0.05) is 27.0 Å². The van der Waals surface area contributed by atoms with Crippen molar-refractivity contribution in [3.63, 3.8) is 0 Å². The molecule has 0 bridgehead atoms. The number of benzene rings is 2. The van der Waals surface area contributed by atoms with Crippen molar-refractivity contribution in [2.24, 2.45) is 5.92 Å². The molecule has 0 aliphatic heterocycles. The van der Waals surface area contributed by atoms with Crippen LogP contribution in [0.2, 0.25) is 0 Å². The van der Waals surface area contributed by atoms with Gasteiger partial charge in [-0.3, -0.25) is 0 Å². The van der Waals surface area contributed by atoms with E-state index in [2.05, 4.69) is 32.6 Å². The number of carboxylic acids is 1. The predicted molar refractivity (Wildman–Crippen MR) is 120 cm³/mol. The molecular weight excluding hydrogens is 465 g/mol. The van der Waals surface area contributed by atoms with E-state index in [1.165, 1.54) is 25.7 Å². The van der Waals surface area contributed by atoms with Crippen LogP contribution in [0.15, 0.2) is 53.0 Å². The Morgan fingerprint density at radius 1 is 1.10 bits per heavy atom. The number of carbonyl (C=O) groups is 1. The zero-order chi connectivity index (χ0) is 21.3. The van der Waals surface area contributed by atoms with E-state index in [1.807, 2.05) is 37.3 Å². The van der Waals surface area contributed by atoms with Gasteiger partial charge in [-0.1, -0.05) is 34.8 Å². The molecule has 1 aliphatic rings. The van der Waals surface area contributed by atoms with Gasteiger partial charge in [-0.25, -0.2) is 0 Å². The summed E-state index contributed by atoms with van der Waals surface area (Å²) >= 11 is 3.59. The molecule has 156 valence electrons. The molecule has 4 nitrogen and oxygen atoms in total. The first-order valence-corrected chi connectivity index (χ1v) is 11.2. The van der Waals surface area contributed by atoms with Gasteiger partial charge in [-0.05, 0) is 80.6 Å². The Hall–Kier alpha value is -1.53. The van der Waals surface area contributed by atoms with Crippen molar-refractivity contribution >= 4 is 21.9 Å². The molecule has 1 aromatic heterocycles. The molecule has 6 heteroatoms. The number of aromatic nitrogens is 1. The Morgan fingerprint density at radius 3 is 2.55 bits per heavy atom. The third kappa shape index (κ3) is 5.28. The molecule has 4 rings (SSSR count). The van der Waals surface area contributed by atoms with Crippen molar-refractivity contribution in [3.05, 3.63) is 69.8 Å². The summed E-state index contributed by atoms with van der Waals surface area (Å²) in [5.41, 5.74) is 4.64. The standard InChI is InChI=1S/C25H26BrNO3.Na/c1-16-7-10-20(14-21(16)25(28)29)27-17(2)8-11-23(27)22-13-19(26)9-12-24(22)30-15-18-5-3-4-6-18;/h7-14,18H,3-6,15H2,1-2H3,(H,28,29);/q;+1/p-1. The van der Waals surface area contributed by atoms with Crippen LogP contribution in [-0.4, -0.2) is 17.1 Å². The predicted octanol–water partition coefficient (Wildman–Crippen LogP) is 2.46. The van der Waals surface area contributed by atoms with Crippen molar-refractivity contribution in [2.75, 3.05) is 6.61 Å². The molecule has 1 saturated carbocycles. The minimum Gasteiger partial charge on any atom is -0.545 e. The molecular formula is C25H25BrNNaO3. The summed E-state index contributed by atoms with van der Waals surface area (Å²) in [7, 11) is 0. The van der Waals surface area contributed by atoms with Crippen LogP contribution in [0.5, 0.6) is 5.75 Å². The van der Waals surface area contributed by atoms with Gasteiger partial charge in [-0.15, -0.1) is 0 Å². The molecule has 0 unspecified atom stereocenters. The van der Waals surface area contributed by atoms with Gasteiger partial charge in [0.05, 0.1) is 18.3 Å². The van der Waals surface area contributed by atoms with Gasteiger partial charge in [0.2, 0.25) is 0 Å². The van der Waals surface area contributed by atoms with Crippen molar-refractivity contribution in [2.45, 2.75) is 39.5 Å². The average molecular weight is 490 g/mol. The van der Waals surface area contributed by atoms with Crippen LogP contribution in [0.25, 0.3) is 16.9 Å². The van der Waals surface area contributed by atoms with Crippen LogP contribution in [0.3, 0.4) is 0 Å². The Bertz CT molecular complexity index is 1090. The number of aryl methyl sites for hydroxylation is 2. The number of nitrogens with zero attached hydrogens (tertiary/aromatic N) is 1. The van der Waals surface area contributed by atoms with Gasteiger partial charge in [0.1, 0.15) is 5.75 Å². The molecule has 0 atom stereocenters. The van der Waals surface area contributed by atoms with Crippen LogP contribution in [0.1, 0.15) is 47.3 Å². The SMILES string of the molecule is Cc1ccc(-n2c(C)ccc2-c2cc(Br)ccc2OCC2CCCC2)cc1C(=O)[O-].[Na+]. The number of rotatable bonds is 6. The number of ether oxygens (including phenoxy) is 1. The number of aromatic carboxylic acids is 1. The number of hydrogen-bond donors (Lipinski definition) is 0. The minimum atomic E-state index is -1.16. The fourth-order valence-corrected chi connectivity index (χ4v) is 4.63. The average Bonchev–Trinajstić information content (AvgIpc) is 3.37. The second-order valence-corrected chi connectivity index (χ2v) is 9.00. The normalized spacial score (nSPS) is 13.8. The molecule has 0 radical (unpaired) electrons. The second-order valence-electron chi connectivity index (χ2n) is 8.08. The van der Waals surface area contributed by atoms with Crippen molar-refractivity contribution in [1.82, 2.24) is 4.57 Å². The fraction of sp³-hybridized carbons (Fsp3) is 0.320. The van der Waals surface area contributed by atoms with E-state index in [4.69, 9.17) is 4.74 Å². The first-order chi connectivity index (χ1) is 14.4.